The molecule has 0 saturated heterocycles. The molecule has 2 rings (SSSR count). The lowest BCUT2D eigenvalue weighted by Crippen LogP contribution is -1.83. The van der Waals surface area contributed by atoms with Gasteiger partial charge in [-0.15, -0.1) is 0 Å². The average Bonchev–Trinajstić information content (AvgIpc) is 2.35. The lowest BCUT2D eigenvalue weighted by atomic mass is 10.1. The molecule has 0 heterocycles. The first-order valence-corrected chi connectivity index (χ1v) is 5.94. The van der Waals surface area contributed by atoms with E-state index in [-0.39, 0.29) is 0 Å². The van der Waals surface area contributed by atoms with Crippen LogP contribution in [0.25, 0.3) is 0 Å². The third-order valence-corrected chi connectivity index (χ3v) is 2.56. The molecule has 0 aliphatic carbocycles. The van der Waals surface area contributed by atoms with Gasteiger partial charge < -0.3 is 0 Å². The van der Waals surface area contributed by atoms with Crippen molar-refractivity contribution in [1.29, 1.82) is 0 Å². The minimum atomic E-state index is 1.07. The predicted molar refractivity (Wildman–Crippen MR) is 77.5 cm³/mol. The van der Waals surface area contributed by atoms with Crippen molar-refractivity contribution < 1.29 is 0 Å². The van der Waals surface area contributed by atoms with Gasteiger partial charge in [0.25, 0.3) is 0 Å². The molecular weight excluding hydrogens is 220 g/mol. The maximum absolute atomic E-state index is 4.05. The van der Waals surface area contributed by atoms with E-state index < -0.39 is 0 Å². The molecule has 2 aromatic rings. The molecule has 18 heavy (non-hydrogen) atoms. The summed E-state index contributed by atoms with van der Waals surface area (Å²) in [6.07, 6.45) is 3.53. The van der Waals surface area contributed by atoms with Crippen molar-refractivity contribution in [2.75, 3.05) is 0 Å². The molecule has 2 heteroatoms. The van der Waals surface area contributed by atoms with E-state index in [1.165, 1.54) is 11.1 Å². The second-order valence-electron chi connectivity index (χ2n) is 4.32. The van der Waals surface area contributed by atoms with Gasteiger partial charge in [0.1, 0.15) is 0 Å². The van der Waals surface area contributed by atoms with Crippen molar-refractivity contribution in [3.63, 3.8) is 0 Å². The molecule has 0 aliphatic heterocycles. The molecular formula is C16H16N2. The maximum atomic E-state index is 4.05. The molecule has 2 nitrogen and oxygen atoms in total. The zero-order valence-electron chi connectivity index (χ0n) is 10.7. The van der Waals surface area contributed by atoms with Gasteiger partial charge in [0.2, 0.25) is 0 Å². The Bertz CT molecular complexity index is 530. The summed E-state index contributed by atoms with van der Waals surface area (Å²) in [6.45, 7) is 4.13. The highest BCUT2D eigenvalue weighted by Gasteiger charge is 1.88. The Kier molecular flexibility index (Phi) is 4.02. The molecule has 0 unspecified atom stereocenters. The molecule has 0 radical (unpaired) electrons. The van der Waals surface area contributed by atoms with Crippen LogP contribution in [0.15, 0.2) is 58.7 Å². The normalized spacial score (nSPS) is 11.4. The molecule has 0 bridgehead atoms. The smallest absolute Gasteiger partial charge is 0.0568 e. The third kappa shape index (κ3) is 3.67. The fourth-order valence-electron chi connectivity index (χ4n) is 1.70. The summed E-state index contributed by atoms with van der Waals surface area (Å²) in [7, 11) is 0. The molecule has 0 aromatic heterocycles. The van der Waals surface area contributed by atoms with Crippen molar-refractivity contribution in [3.05, 3.63) is 70.8 Å². The minimum absolute atomic E-state index is 1.07. The molecule has 0 spiro atoms. The number of nitrogens with zero attached hydrogens (tertiary/aromatic N) is 2. The van der Waals surface area contributed by atoms with Crippen LogP contribution in [0.1, 0.15) is 22.3 Å². The number of aryl methyl sites for hydroxylation is 2. The highest BCUT2D eigenvalue weighted by Crippen LogP contribution is 2.02. The summed E-state index contributed by atoms with van der Waals surface area (Å²) in [5.74, 6) is 0. The van der Waals surface area contributed by atoms with Crippen molar-refractivity contribution in [2.45, 2.75) is 13.8 Å². The van der Waals surface area contributed by atoms with Gasteiger partial charge in [0, 0.05) is 0 Å². The fourth-order valence-corrected chi connectivity index (χ4v) is 1.70. The highest BCUT2D eigenvalue weighted by atomic mass is 15.2. The van der Waals surface area contributed by atoms with E-state index in [4.69, 9.17) is 0 Å². The van der Waals surface area contributed by atoms with Crippen LogP contribution >= 0.6 is 0 Å². The largest absolute Gasteiger partial charge is 0.159 e. The van der Waals surface area contributed by atoms with E-state index in [0.29, 0.717) is 0 Å². The van der Waals surface area contributed by atoms with Crippen molar-refractivity contribution in [1.82, 2.24) is 0 Å². The van der Waals surface area contributed by atoms with E-state index in [2.05, 4.69) is 48.3 Å². The second-order valence-corrected chi connectivity index (χ2v) is 4.32. The number of hydrogen-bond donors (Lipinski definition) is 0. The van der Waals surface area contributed by atoms with E-state index in [9.17, 15) is 0 Å². The van der Waals surface area contributed by atoms with Gasteiger partial charge >= 0.3 is 0 Å². The molecule has 2 aromatic carbocycles. The van der Waals surface area contributed by atoms with Crippen LogP contribution in [0.2, 0.25) is 0 Å². The van der Waals surface area contributed by atoms with Gasteiger partial charge in [0.05, 0.1) is 12.4 Å². The molecule has 0 amide bonds. The SMILES string of the molecule is Cc1cccc(/C=N\N=C\c2cccc(C)c2)c1. The van der Waals surface area contributed by atoms with Crippen LogP contribution in [0.5, 0.6) is 0 Å². The summed E-state index contributed by atoms with van der Waals surface area (Å²) < 4.78 is 0. The molecule has 0 atom stereocenters. The van der Waals surface area contributed by atoms with Crippen LogP contribution in [0.4, 0.5) is 0 Å². The summed E-state index contributed by atoms with van der Waals surface area (Å²) in [6, 6.07) is 16.3. The predicted octanol–water partition coefficient (Wildman–Crippen LogP) is 3.76. The molecule has 90 valence electrons. The standard InChI is InChI=1S/C16H16N2/c1-13-5-3-7-15(9-13)11-17-18-12-16-8-4-6-14(2)10-16/h3-12H,1-2H3/b17-11-,18-12+. The van der Waals surface area contributed by atoms with E-state index in [0.717, 1.165) is 11.1 Å². The van der Waals surface area contributed by atoms with Gasteiger partial charge in [0.15, 0.2) is 0 Å². The summed E-state index contributed by atoms with van der Waals surface area (Å²) in [4.78, 5) is 0. The monoisotopic (exact) mass is 236 g/mol. The lowest BCUT2D eigenvalue weighted by Gasteiger charge is -1.94. The van der Waals surface area contributed by atoms with Crippen LogP contribution in [-0.2, 0) is 0 Å². The van der Waals surface area contributed by atoms with Crippen molar-refractivity contribution in [2.24, 2.45) is 10.2 Å². The quantitative estimate of drug-likeness (QED) is 0.572. The first kappa shape index (κ1) is 12.2. The Hall–Kier alpha value is -2.22. The number of benzene rings is 2. The van der Waals surface area contributed by atoms with Crippen LogP contribution < -0.4 is 0 Å². The van der Waals surface area contributed by atoms with E-state index in [1.807, 2.05) is 24.3 Å². The average molecular weight is 236 g/mol. The summed E-state index contributed by atoms with van der Waals surface area (Å²) >= 11 is 0. The Morgan fingerprint density at radius 2 is 1.17 bits per heavy atom. The third-order valence-electron chi connectivity index (χ3n) is 2.56. The highest BCUT2D eigenvalue weighted by molar-refractivity contribution is 5.82. The maximum Gasteiger partial charge on any atom is 0.0568 e. The van der Waals surface area contributed by atoms with E-state index in [1.54, 1.807) is 12.4 Å². The zero-order valence-corrected chi connectivity index (χ0v) is 10.7. The zero-order chi connectivity index (χ0) is 12.8. The van der Waals surface area contributed by atoms with Crippen molar-refractivity contribution >= 4 is 12.4 Å². The van der Waals surface area contributed by atoms with Gasteiger partial charge in [-0.3, -0.25) is 0 Å². The van der Waals surface area contributed by atoms with E-state index >= 15 is 0 Å². The first-order chi connectivity index (χ1) is 8.74. The molecule has 0 N–H and O–H groups in total. The Morgan fingerprint density at radius 3 is 1.56 bits per heavy atom. The van der Waals surface area contributed by atoms with Gasteiger partial charge in [-0.1, -0.05) is 59.7 Å². The van der Waals surface area contributed by atoms with Crippen LogP contribution in [-0.4, -0.2) is 12.4 Å². The lowest BCUT2D eigenvalue weighted by molar-refractivity contribution is 1.26. The second kappa shape index (κ2) is 5.92. The Labute approximate surface area is 108 Å². The van der Waals surface area contributed by atoms with Gasteiger partial charge in [-0.05, 0) is 25.0 Å². The first-order valence-electron chi connectivity index (χ1n) is 5.94. The number of hydrogen-bond acceptors (Lipinski definition) is 2. The minimum Gasteiger partial charge on any atom is -0.159 e. The van der Waals surface area contributed by atoms with Crippen molar-refractivity contribution in [3.8, 4) is 0 Å². The summed E-state index contributed by atoms with van der Waals surface area (Å²) in [5.41, 5.74) is 4.58. The Balaban J connectivity index is 2.03. The van der Waals surface area contributed by atoms with Crippen LogP contribution in [0.3, 0.4) is 0 Å². The fraction of sp³-hybridized carbons (Fsp3) is 0.125. The van der Waals surface area contributed by atoms with Gasteiger partial charge in [-0.2, -0.15) is 10.2 Å². The molecule has 0 aliphatic rings. The summed E-state index contributed by atoms with van der Waals surface area (Å²) in [5, 5.41) is 8.10. The molecule has 0 fully saturated rings. The van der Waals surface area contributed by atoms with Gasteiger partial charge in [-0.25, -0.2) is 0 Å². The van der Waals surface area contributed by atoms with Crippen LogP contribution in [0, 0.1) is 13.8 Å². The molecule has 0 saturated carbocycles. The number of rotatable bonds is 3. The Morgan fingerprint density at radius 1 is 0.722 bits per heavy atom. The topological polar surface area (TPSA) is 24.7 Å².